The highest BCUT2D eigenvalue weighted by Gasteiger charge is 2.37. The molecule has 21 heavy (non-hydrogen) atoms. The lowest BCUT2D eigenvalue weighted by atomic mass is 9.77. The van der Waals surface area contributed by atoms with Gasteiger partial charge in [-0.15, -0.1) is 0 Å². The summed E-state index contributed by atoms with van der Waals surface area (Å²) < 4.78 is 0. The molecule has 0 amide bonds. The van der Waals surface area contributed by atoms with Gasteiger partial charge >= 0.3 is 0 Å². The maximum atomic E-state index is 10.4. The molecule has 1 fully saturated rings. The summed E-state index contributed by atoms with van der Waals surface area (Å²) in [7, 11) is 0. The second kappa shape index (κ2) is 4.95. The van der Waals surface area contributed by atoms with Gasteiger partial charge in [0, 0.05) is 13.1 Å². The summed E-state index contributed by atoms with van der Waals surface area (Å²) in [6, 6.07) is 0. The number of thiazole rings is 1. The van der Waals surface area contributed by atoms with Crippen molar-refractivity contribution in [3.05, 3.63) is 10.6 Å². The van der Waals surface area contributed by atoms with Gasteiger partial charge < -0.3 is 10.0 Å². The van der Waals surface area contributed by atoms with E-state index in [1.807, 2.05) is 0 Å². The Morgan fingerprint density at radius 1 is 1.33 bits per heavy atom. The molecule has 2 aliphatic rings. The number of rotatable bonds is 1. The van der Waals surface area contributed by atoms with Crippen LogP contribution in [0, 0.1) is 16.7 Å². The van der Waals surface area contributed by atoms with E-state index in [-0.39, 0.29) is 11.5 Å². The van der Waals surface area contributed by atoms with Gasteiger partial charge in [-0.2, -0.15) is 0 Å². The minimum atomic E-state index is -0.323. The van der Waals surface area contributed by atoms with Crippen LogP contribution in [0.25, 0.3) is 0 Å². The molecule has 0 saturated carbocycles. The van der Waals surface area contributed by atoms with E-state index in [9.17, 15) is 5.11 Å². The number of anilines is 1. The van der Waals surface area contributed by atoms with Crippen LogP contribution in [0.4, 0.5) is 5.13 Å². The molecule has 1 aromatic heterocycles. The molecule has 2 atom stereocenters. The Kier molecular flexibility index (Phi) is 3.61. The van der Waals surface area contributed by atoms with E-state index in [2.05, 4.69) is 39.5 Å². The normalized spacial score (nSPS) is 28.8. The summed E-state index contributed by atoms with van der Waals surface area (Å²) in [5.41, 5.74) is 1.67. The van der Waals surface area contributed by atoms with Crippen LogP contribution in [0.1, 0.15) is 64.1 Å². The Bertz CT molecular complexity index is 529. The van der Waals surface area contributed by atoms with Crippen LogP contribution in [0.5, 0.6) is 0 Å². The highest BCUT2D eigenvalue weighted by Crippen LogP contribution is 2.45. The molecule has 0 aromatic carbocycles. The molecule has 118 valence electrons. The predicted molar refractivity (Wildman–Crippen MR) is 89.0 cm³/mol. The van der Waals surface area contributed by atoms with Gasteiger partial charge in [0.15, 0.2) is 5.13 Å². The fourth-order valence-corrected chi connectivity index (χ4v) is 4.76. The van der Waals surface area contributed by atoms with E-state index in [1.54, 1.807) is 11.3 Å². The number of aliphatic hydroxyl groups excluding tert-OH is 1. The van der Waals surface area contributed by atoms with Crippen LogP contribution < -0.4 is 4.90 Å². The number of nitrogens with zero attached hydrogens (tertiary/aromatic N) is 2. The molecule has 3 rings (SSSR count). The van der Waals surface area contributed by atoms with Crippen molar-refractivity contribution in [2.45, 2.75) is 60.0 Å². The maximum absolute atomic E-state index is 10.4. The zero-order chi connectivity index (χ0) is 15.4. The molecule has 1 aliphatic carbocycles. The van der Waals surface area contributed by atoms with E-state index in [0.29, 0.717) is 5.41 Å². The third kappa shape index (κ3) is 2.98. The molecule has 4 heteroatoms. The zero-order valence-corrected chi connectivity index (χ0v) is 14.8. The van der Waals surface area contributed by atoms with Gasteiger partial charge in [-0.3, -0.25) is 0 Å². The van der Waals surface area contributed by atoms with Crippen molar-refractivity contribution in [2.75, 3.05) is 18.0 Å². The van der Waals surface area contributed by atoms with E-state index >= 15 is 0 Å². The van der Waals surface area contributed by atoms with Gasteiger partial charge in [0.25, 0.3) is 0 Å². The van der Waals surface area contributed by atoms with Gasteiger partial charge in [0.05, 0.1) is 16.7 Å². The van der Waals surface area contributed by atoms with Crippen molar-refractivity contribution in [2.24, 2.45) is 16.7 Å². The van der Waals surface area contributed by atoms with Gasteiger partial charge in [-0.25, -0.2) is 4.98 Å². The number of hydrogen-bond acceptors (Lipinski definition) is 4. The lowest BCUT2D eigenvalue weighted by Crippen LogP contribution is -2.26. The van der Waals surface area contributed by atoms with Crippen LogP contribution >= 0.6 is 11.3 Å². The number of fused-ring (bicyclic) bond motifs is 1. The van der Waals surface area contributed by atoms with Crippen molar-refractivity contribution >= 4 is 16.5 Å². The Balaban J connectivity index is 1.80. The first-order valence-electron chi connectivity index (χ1n) is 8.08. The smallest absolute Gasteiger partial charge is 0.185 e. The molecule has 0 bridgehead atoms. The minimum Gasteiger partial charge on any atom is -0.387 e. The minimum absolute atomic E-state index is 0.163. The second-order valence-corrected chi connectivity index (χ2v) is 9.68. The van der Waals surface area contributed by atoms with E-state index in [1.165, 1.54) is 6.42 Å². The highest BCUT2D eigenvalue weighted by atomic mass is 32.1. The van der Waals surface area contributed by atoms with Crippen LogP contribution in [0.2, 0.25) is 0 Å². The Morgan fingerprint density at radius 3 is 2.67 bits per heavy atom. The molecular formula is C17H28N2OS. The molecular weight excluding hydrogens is 280 g/mol. The third-order valence-electron chi connectivity index (χ3n) is 5.09. The molecule has 1 aromatic rings. The summed E-state index contributed by atoms with van der Waals surface area (Å²) in [6.45, 7) is 13.7. The quantitative estimate of drug-likeness (QED) is 0.851. The van der Waals surface area contributed by atoms with E-state index in [4.69, 9.17) is 4.98 Å². The number of hydrogen-bond donors (Lipinski definition) is 1. The Labute approximate surface area is 132 Å². The third-order valence-corrected chi connectivity index (χ3v) is 6.35. The Hall–Kier alpha value is -0.610. The van der Waals surface area contributed by atoms with Gasteiger partial charge in [0.2, 0.25) is 0 Å². The van der Waals surface area contributed by atoms with Crippen LogP contribution in [0.3, 0.4) is 0 Å². The lowest BCUT2D eigenvalue weighted by molar-refractivity contribution is 0.102. The monoisotopic (exact) mass is 308 g/mol. The SMILES string of the molecule is CC1(C)Cc2nc(N3CCC(C(C)(C)C)C3)sc2C(O)C1. The van der Waals surface area contributed by atoms with Crippen molar-refractivity contribution < 1.29 is 5.11 Å². The summed E-state index contributed by atoms with van der Waals surface area (Å²) >= 11 is 1.72. The van der Waals surface area contributed by atoms with E-state index < -0.39 is 0 Å². The highest BCUT2D eigenvalue weighted by molar-refractivity contribution is 7.15. The molecule has 1 N–H and O–H groups in total. The first-order chi connectivity index (χ1) is 9.66. The van der Waals surface area contributed by atoms with Crippen LogP contribution in [0.15, 0.2) is 0 Å². The second-order valence-electron chi connectivity index (χ2n) is 8.67. The molecule has 2 heterocycles. The fourth-order valence-electron chi connectivity index (χ4n) is 3.66. The van der Waals surface area contributed by atoms with Gasteiger partial charge in [-0.05, 0) is 36.0 Å². The van der Waals surface area contributed by atoms with Crippen molar-refractivity contribution in [3.63, 3.8) is 0 Å². The molecule has 2 unspecified atom stereocenters. The van der Waals surface area contributed by atoms with Crippen molar-refractivity contribution in [1.29, 1.82) is 0 Å². The Morgan fingerprint density at radius 2 is 2.05 bits per heavy atom. The first kappa shape index (κ1) is 15.3. The van der Waals surface area contributed by atoms with Crippen LogP contribution in [-0.4, -0.2) is 23.2 Å². The summed E-state index contributed by atoms with van der Waals surface area (Å²) in [4.78, 5) is 8.42. The molecule has 3 nitrogen and oxygen atoms in total. The molecule has 1 aliphatic heterocycles. The van der Waals surface area contributed by atoms with Crippen molar-refractivity contribution in [3.8, 4) is 0 Å². The number of aromatic nitrogens is 1. The standard InChI is InChI=1S/C17H28N2OS/c1-16(2,3)11-6-7-19(10-11)15-18-12-8-17(4,5)9-13(20)14(12)21-15/h11,13,20H,6-10H2,1-5H3. The zero-order valence-electron chi connectivity index (χ0n) is 13.9. The summed E-state index contributed by atoms with van der Waals surface area (Å²) in [5.74, 6) is 0.736. The lowest BCUT2D eigenvalue weighted by Gasteiger charge is -2.31. The fraction of sp³-hybridized carbons (Fsp3) is 0.824. The average molecular weight is 308 g/mol. The number of aliphatic hydroxyl groups is 1. The van der Waals surface area contributed by atoms with Crippen LogP contribution in [-0.2, 0) is 6.42 Å². The predicted octanol–water partition coefficient (Wildman–Crippen LogP) is 4.02. The first-order valence-corrected chi connectivity index (χ1v) is 8.90. The van der Waals surface area contributed by atoms with Gasteiger partial charge in [0.1, 0.15) is 0 Å². The summed E-state index contributed by atoms with van der Waals surface area (Å²) in [5, 5.41) is 11.5. The average Bonchev–Trinajstić information content (AvgIpc) is 2.90. The molecule has 1 saturated heterocycles. The maximum Gasteiger partial charge on any atom is 0.185 e. The van der Waals surface area contributed by atoms with Gasteiger partial charge in [-0.1, -0.05) is 46.0 Å². The van der Waals surface area contributed by atoms with Crippen molar-refractivity contribution in [1.82, 2.24) is 4.98 Å². The largest absolute Gasteiger partial charge is 0.387 e. The molecule has 0 radical (unpaired) electrons. The topological polar surface area (TPSA) is 36.4 Å². The summed E-state index contributed by atoms with van der Waals surface area (Å²) in [6.07, 6.45) is 2.77. The molecule has 0 spiro atoms. The van der Waals surface area contributed by atoms with E-state index in [0.717, 1.165) is 47.6 Å².